The molecule has 0 bridgehead atoms. The molecule has 0 atom stereocenters. The maximum absolute atomic E-state index is 12.7. The molecule has 0 aliphatic heterocycles. The Morgan fingerprint density at radius 2 is 1.83 bits per heavy atom. The molecule has 0 fully saturated rings. The molecule has 0 aliphatic carbocycles. The average molecular weight is 359 g/mol. The molecule has 120 valence electrons. The van der Waals surface area contributed by atoms with Gasteiger partial charge in [0.25, 0.3) is 10.0 Å². The summed E-state index contributed by atoms with van der Waals surface area (Å²) >= 11 is 5.84. The first-order valence-corrected chi connectivity index (χ1v) is 8.61. The number of rotatable bonds is 3. The average Bonchev–Trinajstić information content (AvgIpc) is 2.98. The zero-order valence-corrected chi connectivity index (χ0v) is 13.8. The molecule has 24 heavy (non-hydrogen) atoms. The SMILES string of the molecule is N#Cc1cccc(S(=O)(=O)n2nc(-c3ccc(Cl)cc3)cc2N)c1. The van der Waals surface area contributed by atoms with E-state index in [-0.39, 0.29) is 16.3 Å². The molecule has 0 aliphatic rings. The summed E-state index contributed by atoms with van der Waals surface area (Å²) in [4.78, 5) is -0.0565. The van der Waals surface area contributed by atoms with Crippen molar-refractivity contribution >= 4 is 27.4 Å². The lowest BCUT2D eigenvalue weighted by molar-refractivity contribution is 0.581. The number of nitriles is 1. The van der Waals surface area contributed by atoms with E-state index in [0.717, 1.165) is 4.09 Å². The molecule has 6 nitrogen and oxygen atoms in total. The number of halogens is 1. The van der Waals surface area contributed by atoms with E-state index < -0.39 is 10.0 Å². The number of benzene rings is 2. The van der Waals surface area contributed by atoms with Crippen LogP contribution in [-0.4, -0.2) is 17.6 Å². The van der Waals surface area contributed by atoms with Gasteiger partial charge in [-0.1, -0.05) is 29.8 Å². The van der Waals surface area contributed by atoms with Gasteiger partial charge >= 0.3 is 0 Å². The Kier molecular flexibility index (Phi) is 4.01. The van der Waals surface area contributed by atoms with Crippen molar-refractivity contribution in [3.63, 3.8) is 0 Å². The number of hydrogen-bond acceptors (Lipinski definition) is 5. The zero-order valence-electron chi connectivity index (χ0n) is 12.2. The second-order valence-electron chi connectivity index (χ2n) is 4.95. The Labute approximate surface area is 143 Å². The minimum Gasteiger partial charge on any atom is -0.383 e. The summed E-state index contributed by atoms with van der Waals surface area (Å²) in [5, 5.41) is 13.6. The normalized spacial score (nSPS) is 11.2. The van der Waals surface area contributed by atoms with Crippen LogP contribution < -0.4 is 5.73 Å². The van der Waals surface area contributed by atoms with Crippen LogP contribution in [0.2, 0.25) is 5.02 Å². The Bertz CT molecular complexity index is 1050. The fourth-order valence-corrected chi connectivity index (χ4v) is 3.54. The summed E-state index contributed by atoms with van der Waals surface area (Å²) in [7, 11) is -3.99. The minimum absolute atomic E-state index is 0.0256. The number of hydrogen-bond donors (Lipinski definition) is 1. The minimum atomic E-state index is -3.99. The van der Waals surface area contributed by atoms with Crippen molar-refractivity contribution in [2.75, 3.05) is 5.73 Å². The van der Waals surface area contributed by atoms with E-state index in [0.29, 0.717) is 16.3 Å². The number of nitrogens with zero attached hydrogens (tertiary/aromatic N) is 3. The molecule has 1 heterocycles. The number of nitrogen functional groups attached to an aromatic ring is 1. The molecule has 0 amide bonds. The van der Waals surface area contributed by atoms with Gasteiger partial charge in [0.2, 0.25) is 0 Å². The van der Waals surface area contributed by atoms with Crippen LogP contribution in [0.15, 0.2) is 59.5 Å². The lowest BCUT2D eigenvalue weighted by Gasteiger charge is -2.06. The molecular weight excluding hydrogens is 348 g/mol. The molecule has 0 unspecified atom stereocenters. The van der Waals surface area contributed by atoms with E-state index in [4.69, 9.17) is 22.6 Å². The highest BCUT2D eigenvalue weighted by atomic mass is 35.5. The summed E-state index contributed by atoms with van der Waals surface area (Å²) in [6, 6.07) is 15.8. The highest BCUT2D eigenvalue weighted by Crippen LogP contribution is 2.25. The second kappa shape index (κ2) is 6.00. The zero-order chi connectivity index (χ0) is 17.3. The molecular formula is C16H11ClN4O2S. The molecule has 0 radical (unpaired) electrons. The Morgan fingerprint density at radius 1 is 1.12 bits per heavy atom. The molecule has 0 saturated carbocycles. The van der Waals surface area contributed by atoms with Crippen LogP contribution in [-0.2, 0) is 10.0 Å². The monoisotopic (exact) mass is 358 g/mol. The van der Waals surface area contributed by atoms with E-state index in [2.05, 4.69) is 5.10 Å². The molecule has 3 rings (SSSR count). The fourth-order valence-electron chi connectivity index (χ4n) is 2.16. The second-order valence-corrected chi connectivity index (χ2v) is 7.15. The quantitative estimate of drug-likeness (QED) is 0.775. The molecule has 2 aromatic carbocycles. The molecule has 8 heteroatoms. The van der Waals surface area contributed by atoms with Gasteiger partial charge in [-0.3, -0.25) is 0 Å². The van der Waals surface area contributed by atoms with Gasteiger partial charge in [-0.15, -0.1) is 4.09 Å². The van der Waals surface area contributed by atoms with Gasteiger partial charge < -0.3 is 5.73 Å². The fraction of sp³-hybridized carbons (Fsp3) is 0. The standard InChI is InChI=1S/C16H11ClN4O2S/c17-13-6-4-12(5-7-13)15-9-16(19)21(20-15)24(22,23)14-3-1-2-11(8-14)10-18/h1-9H,19H2. The summed E-state index contributed by atoms with van der Waals surface area (Å²) < 4.78 is 26.2. The number of anilines is 1. The molecule has 3 aromatic rings. The lowest BCUT2D eigenvalue weighted by Crippen LogP contribution is -2.17. The van der Waals surface area contributed by atoms with Crippen molar-refractivity contribution in [1.82, 2.24) is 9.19 Å². The first kappa shape index (κ1) is 16.1. The molecule has 0 spiro atoms. The van der Waals surface area contributed by atoms with Gasteiger partial charge in [0.1, 0.15) is 5.82 Å². The van der Waals surface area contributed by atoms with E-state index in [1.165, 1.54) is 30.3 Å². The van der Waals surface area contributed by atoms with Gasteiger partial charge in [-0.05, 0) is 30.3 Å². The Hall–Kier alpha value is -2.82. The van der Waals surface area contributed by atoms with Gasteiger partial charge in [-0.25, -0.2) is 0 Å². The van der Waals surface area contributed by atoms with Gasteiger partial charge in [0, 0.05) is 16.7 Å². The first-order valence-electron chi connectivity index (χ1n) is 6.79. The van der Waals surface area contributed by atoms with E-state index in [1.807, 2.05) is 6.07 Å². The highest BCUT2D eigenvalue weighted by molar-refractivity contribution is 7.90. The van der Waals surface area contributed by atoms with Crippen LogP contribution in [0.4, 0.5) is 5.82 Å². The molecule has 2 N–H and O–H groups in total. The third-order valence-electron chi connectivity index (χ3n) is 3.33. The Balaban J connectivity index is 2.09. The van der Waals surface area contributed by atoms with E-state index in [9.17, 15) is 8.42 Å². The molecule has 1 aromatic heterocycles. The third-order valence-corrected chi connectivity index (χ3v) is 5.18. The maximum atomic E-state index is 12.7. The van der Waals surface area contributed by atoms with Crippen LogP contribution in [0.25, 0.3) is 11.3 Å². The molecule has 0 saturated heterocycles. The largest absolute Gasteiger partial charge is 0.383 e. The smallest absolute Gasteiger partial charge is 0.284 e. The summed E-state index contributed by atoms with van der Waals surface area (Å²) in [5.74, 6) is -0.0256. The summed E-state index contributed by atoms with van der Waals surface area (Å²) in [5.41, 5.74) is 7.16. The van der Waals surface area contributed by atoms with Gasteiger partial charge in [0.05, 0.1) is 22.2 Å². The number of nitrogens with two attached hydrogens (primary N) is 1. The first-order chi connectivity index (χ1) is 11.4. The van der Waals surface area contributed by atoms with Crippen LogP contribution >= 0.6 is 11.6 Å². The van der Waals surface area contributed by atoms with Crippen LogP contribution in [0, 0.1) is 11.3 Å². The van der Waals surface area contributed by atoms with Crippen LogP contribution in [0.1, 0.15) is 5.56 Å². The van der Waals surface area contributed by atoms with E-state index in [1.54, 1.807) is 24.3 Å². The predicted molar refractivity (Wildman–Crippen MR) is 90.8 cm³/mol. The van der Waals surface area contributed by atoms with Gasteiger partial charge in [0.15, 0.2) is 0 Å². The van der Waals surface area contributed by atoms with Crippen molar-refractivity contribution < 1.29 is 8.42 Å². The van der Waals surface area contributed by atoms with Crippen molar-refractivity contribution in [3.8, 4) is 17.3 Å². The van der Waals surface area contributed by atoms with E-state index >= 15 is 0 Å². The van der Waals surface area contributed by atoms with Crippen molar-refractivity contribution in [2.45, 2.75) is 4.90 Å². The topological polar surface area (TPSA) is 102 Å². The lowest BCUT2D eigenvalue weighted by atomic mass is 10.1. The summed E-state index contributed by atoms with van der Waals surface area (Å²) in [6.07, 6.45) is 0. The summed E-state index contributed by atoms with van der Waals surface area (Å²) in [6.45, 7) is 0. The van der Waals surface area contributed by atoms with Crippen LogP contribution in [0.3, 0.4) is 0 Å². The van der Waals surface area contributed by atoms with Crippen molar-refractivity contribution in [2.24, 2.45) is 0 Å². The third kappa shape index (κ3) is 2.85. The number of aromatic nitrogens is 2. The van der Waals surface area contributed by atoms with Crippen molar-refractivity contribution in [1.29, 1.82) is 5.26 Å². The predicted octanol–water partition coefficient (Wildman–Crippen LogP) is 2.89. The maximum Gasteiger partial charge on any atom is 0.284 e. The van der Waals surface area contributed by atoms with Crippen molar-refractivity contribution in [3.05, 3.63) is 65.2 Å². The highest BCUT2D eigenvalue weighted by Gasteiger charge is 2.22. The van der Waals surface area contributed by atoms with Gasteiger partial charge in [-0.2, -0.15) is 18.8 Å². The van der Waals surface area contributed by atoms with Crippen LogP contribution in [0.5, 0.6) is 0 Å². The Morgan fingerprint density at radius 3 is 2.50 bits per heavy atom.